The first-order valence-corrected chi connectivity index (χ1v) is 10.5. The van der Waals surface area contributed by atoms with Gasteiger partial charge in [0, 0.05) is 18.8 Å². The summed E-state index contributed by atoms with van der Waals surface area (Å²) in [5.74, 6) is -0.256. The molecule has 3 N–H and O–H groups in total. The number of nitrogens with one attached hydrogen (secondary N) is 1. The molecule has 6 nitrogen and oxygen atoms in total. The number of benzene rings is 1. The molecule has 164 valence electrons. The summed E-state index contributed by atoms with van der Waals surface area (Å²) < 4.78 is 35.1. The van der Waals surface area contributed by atoms with Gasteiger partial charge in [-0.2, -0.15) is 0 Å². The number of amides is 1. The van der Waals surface area contributed by atoms with Crippen LogP contribution >= 0.6 is 0 Å². The SMILES string of the molecule is CCC1CC1[C@H](CN)NC(=O)c1c(C)nc2c(OCc3c(F)cccc3F)cccn12. The van der Waals surface area contributed by atoms with E-state index in [0.29, 0.717) is 41.2 Å². The van der Waals surface area contributed by atoms with E-state index in [1.807, 2.05) is 0 Å². The van der Waals surface area contributed by atoms with Crippen LogP contribution in [-0.2, 0) is 6.61 Å². The number of pyridine rings is 1. The lowest BCUT2D eigenvalue weighted by atomic mass is 10.1. The first kappa shape index (κ1) is 21.2. The number of halogens is 2. The van der Waals surface area contributed by atoms with Crippen LogP contribution in [-0.4, -0.2) is 27.9 Å². The van der Waals surface area contributed by atoms with Gasteiger partial charge in [-0.1, -0.05) is 19.4 Å². The normalized spacial score (nSPS) is 18.7. The Balaban J connectivity index is 1.57. The number of aryl methyl sites for hydroxylation is 1. The average Bonchev–Trinajstić information content (AvgIpc) is 3.45. The standard InChI is InChI=1S/C23H26F2N4O2/c1-3-14-10-15(14)19(11-26)28-23(30)21-13(2)27-22-20(8-5-9-29(21)22)31-12-16-17(24)6-4-7-18(16)25/h4-9,14-15,19H,3,10-12,26H2,1-2H3,(H,28,30)/t14?,15?,19-/m0/s1. The van der Waals surface area contributed by atoms with E-state index in [-0.39, 0.29) is 24.1 Å². The molecule has 2 aromatic heterocycles. The van der Waals surface area contributed by atoms with Crippen molar-refractivity contribution in [2.24, 2.45) is 17.6 Å². The molecule has 0 spiro atoms. The van der Waals surface area contributed by atoms with E-state index in [0.717, 1.165) is 12.8 Å². The third-order valence-electron chi connectivity index (χ3n) is 6.03. The van der Waals surface area contributed by atoms with Crippen LogP contribution in [0.1, 0.15) is 41.5 Å². The second-order valence-electron chi connectivity index (χ2n) is 7.98. The lowest BCUT2D eigenvalue weighted by molar-refractivity contribution is 0.0925. The quantitative estimate of drug-likeness (QED) is 0.574. The Bertz CT molecular complexity index is 1090. The Kier molecular flexibility index (Phi) is 5.91. The molecule has 0 saturated heterocycles. The van der Waals surface area contributed by atoms with Gasteiger partial charge in [-0.15, -0.1) is 0 Å². The number of fused-ring (bicyclic) bond motifs is 1. The van der Waals surface area contributed by atoms with Crippen LogP contribution in [0.15, 0.2) is 36.5 Å². The molecule has 1 aliphatic carbocycles. The van der Waals surface area contributed by atoms with E-state index in [1.54, 1.807) is 29.7 Å². The van der Waals surface area contributed by atoms with Gasteiger partial charge < -0.3 is 15.8 Å². The third-order valence-corrected chi connectivity index (χ3v) is 6.03. The number of hydrogen-bond acceptors (Lipinski definition) is 4. The third kappa shape index (κ3) is 4.12. The summed E-state index contributed by atoms with van der Waals surface area (Å²) in [4.78, 5) is 17.5. The van der Waals surface area contributed by atoms with Gasteiger partial charge in [0.15, 0.2) is 11.4 Å². The largest absolute Gasteiger partial charge is 0.485 e. The highest BCUT2D eigenvalue weighted by molar-refractivity contribution is 5.95. The Morgan fingerprint density at radius 2 is 2.06 bits per heavy atom. The molecule has 2 unspecified atom stereocenters. The van der Waals surface area contributed by atoms with Crippen LogP contribution < -0.4 is 15.8 Å². The predicted octanol–water partition coefficient (Wildman–Crippen LogP) is 3.60. The van der Waals surface area contributed by atoms with Gasteiger partial charge in [-0.05, 0) is 49.4 Å². The summed E-state index contributed by atoms with van der Waals surface area (Å²) >= 11 is 0. The maximum atomic E-state index is 13.9. The van der Waals surface area contributed by atoms with Crippen molar-refractivity contribution >= 4 is 11.6 Å². The minimum Gasteiger partial charge on any atom is -0.485 e. The molecule has 1 saturated carbocycles. The Morgan fingerprint density at radius 1 is 1.32 bits per heavy atom. The Labute approximate surface area is 179 Å². The van der Waals surface area contributed by atoms with Gasteiger partial charge in [0.25, 0.3) is 5.91 Å². The zero-order chi connectivity index (χ0) is 22.1. The molecule has 1 aromatic carbocycles. The molecule has 4 rings (SSSR count). The predicted molar refractivity (Wildman–Crippen MR) is 113 cm³/mol. The summed E-state index contributed by atoms with van der Waals surface area (Å²) in [5.41, 5.74) is 7.08. The maximum Gasteiger partial charge on any atom is 0.270 e. The fourth-order valence-electron chi connectivity index (χ4n) is 4.17. The molecule has 2 heterocycles. The minimum atomic E-state index is -0.676. The second-order valence-corrected chi connectivity index (χ2v) is 7.98. The maximum absolute atomic E-state index is 13.9. The molecule has 0 radical (unpaired) electrons. The molecule has 1 fully saturated rings. The number of hydrogen-bond donors (Lipinski definition) is 2. The summed E-state index contributed by atoms with van der Waals surface area (Å²) in [5, 5.41) is 3.06. The van der Waals surface area contributed by atoms with Crippen molar-refractivity contribution in [3.05, 3.63) is 65.1 Å². The fraction of sp³-hybridized carbons (Fsp3) is 0.391. The highest BCUT2D eigenvalue weighted by Gasteiger charge is 2.41. The molecule has 3 aromatic rings. The fourth-order valence-corrected chi connectivity index (χ4v) is 4.17. The molecule has 0 aliphatic heterocycles. The monoisotopic (exact) mass is 428 g/mol. The van der Waals surface area contributed by atoms with E-state index in [9.17, 15) is 13.6 Å². The molecule has 31 heavy (non-hydrogen) atoms. The van der Waals surface area contributed by atoms with Crippen LogP contribution in [0.2, 0.25) is 0 Å². The zero-order valence-electron chi connectivity index (χ0n) is 17.6. The van der Waals surface area contributed by atoms with Crippen molar-refractivity contribution in [1.82, 2.24) is 14.7 Å². The highest BCUT2D eigenvalue weighted by Crippen LogP contribution is 2.43. The van der Waals surface area contributed by atoms with Crippen LogP contribution in [0, 0.1) is 30.4 Å². The highest BCUT2D eigenvalue weighted by atomic mass is 19.1. The summed E-state index contributed by atoms with van der Waals surface area (Å²) in [7, 11) is 0. The zero-order valence-corrected chi connectivity index (χ0v) is 17.6. The number of rotatable bonds is 8. The number of aromatic nitrogens is 2. The molecule has 1 amide bonds. The van der Waals surface area contributed by atoms with E-state index < -0.39 is 11.6 Å². The summed E-state index contributed by atoms with van der Waals surface area (Å²) in [6.45, 7) is 3.97. The summed E-state index contributed by atoms with van der Waals surface area (Å²) in [6.07, 6.45) is 3.87. The Morgan fingerprint density at radius 3 is 2.71 bits per heavy atom. The molecular weight excluding hydrogens is 402 g/mol. The lowest BCUT2D eigenvalue weighted by Crippen LogP contribution is -2.42. The van der Waals surface area contributed by atoms with Crippen molar-refractivity contribution in [3.8, 4) is 5.75 Å². The molecule has 3 atom stereocenters. The number of nitrogens with two attached hydrogens (primary N) is 1. The number of carbonyl (C=O) groups excluding carboxylic acids is 1. The first-order valence-electron chi connectivity index (χ1n) is 10.5. The van der Waals surface area contributed by atoms with Crippen molar-refractivity contribution in [3.63, 3.8) is 0 Å². The second kappa shape index (κ2) is 8.63. The van der Waals surface area contributed by atoms with Crippen molar-refractivity contribution < 1.29 is 18.3 Å². The van der Waals surface area contributed by atoms with Gasteiger partial charge in [-0.3, -0.25) is 9.20 Å². The van der Waals surface area contributed by atoms with E-state index in [4.69, 9.17) is 10.5 Å². The topological polar surface area (TPSA) is 81.6 Å². The number of nitrogens with zero attached hydrogens (tertiary/aromatic N) is 2. The van der Waals surface area contributed by atoms with Gasteiger partial charge in [0.2, 0.25) is 0 Å². The molecule has 0 bridgehead atoms. The average molecular weight is 428 g/mol. The van der Waals surface area contributed by atoms with Crippen LogP contribution in [0.3, 0.4) is 0 Å². The lowest BCUT2D eigenvalue weighted by Gasteiger charge is -2.17. The van der Waals surface area contributed by atoms with E-state index in [2.05, 4.69) is 17.2 Å². The smallest absolute Gasteiger partial charge is 0.270 e. The molecular formula is C23H26F2N4O2. The summed E-state index contributed by atoms with van der Waals surface area (Å²) in [6, 6.07) is 6.94. The minimum absolute atomic E-state index is 0.0779. The van der Waals surface area contributed by atoms with Crippen LogP contribution in [0.25, 0.3) is 5.65 Å². The van der Waals surface area contributed by atoms with Crippen molar-refractivity contribution in [2.75, 3.05) is 6.54 Å². The molecule has 1 aliphatic rings. The van der Waals surface area contributed by atoms with Gasteiger partial charge in [0.1, 0.15) is 23.9 Å². The number of ether oxygens (including phenoxy) is 1. The van der Waals surface area contributed by atoms with Crippen molar-refractivity contribution in [1.29, 1.82) is 0 Å². The van der Waals surface area contributed by atoms with E-state index in [1.165, 1.54) is 18.2 Å². The van der Waals surface area contributed by atoms with Gasteiger partial charge in [-0.25, -0.2) is 13.8 Å². The van der Waals surface area contributed by atoms with Gasteiger partial charge >= 0.3 is 0 Å². The van der Waals surface area contributed by atoms with Gasteiger partial charge in [0.05, 0.1) is 11.3 Å². The number of carbonyl (C=O) groups is 1. The van der Waals surface area contributed by atoms with E-state index >= 15 is 0 Å². The Hall–Kier alpha value is -3.00. The number of imidazole rings is 1. The van der Waals surface area contributed by atoms with Crippen molar-refractivity contribution in [2.45, 2.75) is 39.3 Å². The van der Waals surface area contributed by atoms with Crippen LogP contribution in [0.5, 0.6) is 5.75 Å². The first-order chi connectivity index (χ1) is 14.9. The molecule has 8 heteroatoms. The van der Waals surface area contributed by atoms with Crippen LogP contribution in [0.4, 0.5) is 8.78 Å².